The van der Waals surface area contributed by atoms with Crippen molar-refractivity contribution < 1.29 is 18.8 Å². The van der Waals surface area contributed by atoms with Crippen molar-refractivity contribution in [2.45, 2.75) is 104 Å². The molecule has 1 N–H and O–H groups in total. The number of hydrogen-bond donors (Lipinski definition) is 1. The van der Waals surface area contributed by atoms with E-state index in [1.807, 2.05) is 32.6 Å². The van der Waals surface area contributed by atoms with Crippen molar-refractivity contribution in [1.29, 1.82) is 0 Å². The van der Waals surface area contributed by atoms with Crippen LogP contribution in [-0.2, 0) is 20.9 Å². The van der Waals surface area contributed by atoms with Gasteiger partial charge < -0.3 is 15.1 Å². The Labute approximate surface area is 208 Å². The summed E-state index contributed by atoms with van der Waals surface area (Å²) in [5.41, 5.74) is 1.95. The lowest BCUT2D eigenvalue weighted by Crippen LogP contribution is -2.48. The molecule has 6 nitrogen and oxygen atoms in total. The summed E-state index contributed by atoms with van der Waals surface area (Å²) in [5.74, 6) is -1.34. The second kappa shape index (κ2) is 11.8. The highest BCUT2D eigenvalue weighted by Gasteiger charge is 2.38. The van der Waals surface area contributed by atoms with E-state index in [2.05, 4.69) is 5.32 Å². The Bertz CT molecular complexity index is 941. The molecular formula is C28H40FN3O3. The fourth-order valence-corrected chi connectivity index (χ4v) is 5.38. The molecule has 1 unspecified atom stereocenters. The summed E-state index contributed by atoms with van der Waals surface area (Å²) in [6, 6.07) is 6.18. The van der Waals surface area contributed by atoms with Gasteiger partial charge in [0.2, 0.25) is 11.8 Å². The van der Waals surface area contributed by atoms with Crippen molar-refractivity contribution >= 4 is 17.7 Å². The van der Waals surface area contributed by atoms with Gasteiger partial charge in [-0.05, 0) is 71.6 Å². The number of nitrogens with one attached hydrogen (secondary N) is 1. The summed E-state index contributed by atoms with van der Waals surface area (Å²) < 4.78 is 13.4. The minimum absolute atomic E-state index is 0.000901. The van der Waals surface area contributed by atoms with Gasteiger partial charge in [0.1, 0.15) is 5.82 Å². The summed E-state index contributed by atoms with van der Waals surface area (Å²) in [4.78, 5) is 43.5. The van der Waals surface area contributed by atoms with Crippen molar-refractivity contribution in [3.8, 4) is 0 Å². The van der Waals surface area contributed by atoms with E-state index < -0.39 is 5.92 Å². The van der Waals surface area contributed by atoms with Gasteiger partial charge in [-0.2, -0.15) is 0 Å². The molecule has 1 aliphatic carbocycles. The van der Waals surface area contributed by atoms with Crippen LogP contribution in [-0.4, -0.2) is 45.6 Å². The Hall–Kier alpha value is -2.70. The Kier molecular flexibility index (Phi) is 9.09. The van der Waals surface area contributed by atoms with Crippen molar-refractivity contribution in [2.75, 3.05) is 0 Å². The van der Waals surface area contributed by atoms with E-state index in [4.69, 9.17) is 0 Å². The zero-order chi connectivity index (χ0) is 25.7. The monoisotopic (exact) mass is 485 g/mol. The smallest absolute Gasteiger partial charge is 0.252 e. The van der Waals surface area contributed by atoms with Gasteiger partial charge in [0.15, 0.2) is 0 Å². The van der Waals surface area contributed by atoms with Gasteiger partial charge in [-0.3, -0.25) is 14.4 Å². The van der Waals surface area contributed by atoms with Crippen LogP contribution < -0.4 is 5.32 Å². The number of carbonyl (C=O) groups excluding carboxylic acids is 3. The number of nitrogens with zero attached hydrogens (tertiary/aromatic N) is 2. The molecule has 0 radical (unpaired) electrons. The summed E-state index contributed by atoms with van der Waals surface area (Å²) in [6.07, 6.45) is 5.67. The van der Waals surface area contributed by atoms with Crippen LogP contribution in [0.3, 0.4) is 0 Å². The molecule has 1 aliphatic heterocycles. The number of amides is 3. The molecule has 35 heavy (non-hydrogen) atoms. The number of hydrogen-bond acceptors (Lipinski definition) is 3. The van der Waals surface area contributed by atoms with Gasteiger partial charge in [-0.25, -0.2) is 4.39 Å². The summed E-state index contributed by atoms with van der Waals surface area (Å²) in [7, 11) is 0. The number of carbonyl (C=O) groups is 3. The molecule has 0 spiro atoms. The zero-order valence-corrected chi connectivity index (χ0v) is 21.8. The lowest BCUT2D eigenvalue weighted by Gasteiger charge is -2.38. The molecular weight excluding hydrogens is 445 g/mol. The highest BCUT2D eigenvalue weighted by Crippen LogP contribution is 2.33. The third-order valence-electron chi connectivity index (χ3n) is 7.17. The molecule has 0 aromatic heterocycles. The van der Waals surface area contributed by atoms with E-state index in [1.165, 1.54) is 18.6 Å². The van der Waals surface area contributed by atoms with Gasteiger partial charge in [-0.1, -0.05) is 31.4 Å². The summed E-state index contributed by atoms with van der Waals surface area (Å²) in [6.45, 7) is 9.94. The van der Waals surface area contributed by atoms with E-state index in [0.29, 0.717) is 11.3 Å². The van der Waals surface area contributed by atoms with E-state index in [-0.39, 0.29) is 61.1 Å². The fraction of sp³-hybridized carbons (Fsp3) is 0.607. The van der Waals surface area contributed by atoms with Gasteiger partial charge in [0.05, 0.1) is 12.5 Å². The summed E-state index contributed by atoms with van der Waals surface area (Å²) >= 11 is 0. The first-order valence-corrected chi connectivity index (χ1v) is 13.0. The largest absolute Gasteiger partial charge is 0.353 e. The van der Waals surface area contributed by atoms with E-state index in [9.17, 15) is 18.8 Å². The Morgan fingerprint density at radius 3 is 2.23 bits per heavy atom. The van der Waals surface area contributed by atoms with Crippen LogP contribution in [0.5, 0.6) is 0 Å². The standard InChI is InChI=1S/C28H40FN3O3/c1-18(2)32(19(3)4)28(35)25-15-22(16-26(33)30-24-9-7-6-8-10-24)27(34)31(20(25)5)17-21-11-13-23(29)14-12-21/h11-14,18-19,22,24H,6-10,15-17H2,1-5H3,(H,30,33). The Morgan fingerprint density at radius 1 is 1.06 bits per heavy atom. The minimum Gasteiger partial charge on any atom is -0.353 e. The predicted molar refractivity (Wildman–Crippen MR) is 135 cm³/mol. The predicted octanol–water partition coefficient (Wildman–Crippen LogP) is 4.93. The van der Waals surface area contributed by atoms with Gasteiger partial charge in [0, 0.05) is 35.8 Å². The molecule has 3 rings (SSSR count). The SMILES string of the molecule is CC1=C(C(=O)N(C(C)C)C(C)C)CC(CC(=O)NC2CCCCC2)C(=O)N1Cc1ccc(F)cc1. The molecule has 1 saturated carbocycles. The Balaban J connectivity index is 1.88. The van der Waals surface area contributed by atoms with E-state index in [1.54, 1.807) is 24.0 Å². The summed E-state index contributed by atoms with van der Waals surface area (Å²) in [5, 5.41) is 3.11. The van der Waals surface area contributed by atoms with Crippen LogP contribution in [0.1, 0.15) is 85.1 Å². The molecule has 1 aromatic rings. The maximum atomic E-state index is 13.7. The maximum absolute atomic E-state index is 13.7. The van der Waals surface area contributed by atoms with Gasteiger partial charge in [-0.15, -0.1) is 0 Å². The maximum Gasteiger partial charge on any atom is 0.252 e. The van der Waals surface area contributed by atoms with Crippen LogP contribution in [0, 0.1) is 11.7 Å². The molecule has 3 amide bonds. The number of halogens is 1. The average Bonchev–Trinajstić information content (AvgIpc) is 2.79. The molecule has 2 aliphatic rings. The molecule has 1 atom stereocenters. The normalized spacial score (nSPS) is 19.5. The first kappa shape index (κ1) is 26.9. The molecule has 1 fully saturated rings. The molecule has 1 aromatic carbocycles. The van der Waals surface area contributed by atoms with Crippen LogP contribution >= 0.6 is 0 Å². The van der Waals surface area contributed by atoms with Crippen LogP contribution in [0.15, 0.2) is 35.5 Å². The molecule has 1 heterocycles. The van der Waals surface area contributed by atoms with Crippen molar-refractivity contribution in [3.05, 3.63) is 46.9 Å². The van der Waals surface area contributed by atoms with Crippen molar-refractivity contribution in [1.82, 2.24) is 15.1 Å². The van der Waals surface area contributed by atoms with E-state index in [0.717, 1.165) is 31.2 Å². The highest BCUT2D eigenvalue weighted by molar-refractivity contribution is 5.99. The van der Waals surface area contributed by atoms with Crippen molar-refractivity contribution in [2.24, 2.45) is 5.92 Å². The van der Waals surface area contributed by atoms with Gasteiger partial charge >= 0.3 is 0 Å². The molecule has 0 saturated heterocycles. The first-order valence-electron chi connectivity index (χ1n) is 13.0. The second-order valence-electron chi connectivity index (χ2n) is 10.5. The number of allylic oxidation sites excluding steroid dienone is 1. The molecule has 7 heteroatoms. The van der Waals surface area contributed by atoms with Crippen LogP contribution in [0.25, 0.3) is 0 Å². The molecule has 0 bridgehead atoms. The highest BCUT2D eigenvalue weighted by atomic mass is 19.1. The third-order valence-corrected chi connectivity index (χ3v) is 7.17. The first-order chi connectivity index (χ1) is 16.6. The minimum atomic E-state index is -0.608. The lowest BCUT2D eigenvalue weighted by atomic mass is 9.87. The topological polar surface area (TPSA) is 69.7 Å². The molecule has 192 valence electrons. The number of rotatable bonds is 8. The van der Waals surface area contributed by atoms with Crippen LogP contribution in [0.2, 0.25) is 0 Å². The zero-order valence-electron chi connectivity index (χ0n) is 21.8. The lowest BCUT2D eigenvalue weighted by molar-refractivity contribution is -0.139. The van der Waals surface area contributed by atoms with E-state index >= 15 is 0 Å². The van der Waals surface area contributed by atoms with Gasteiger partial charge in [0.25, 0.3) is 5.91 Å². The third kappa shape index (κ3) is 6.71. The van der Waals surface area contributed by atoms with Crippen LogP contribution in [0.4, 0.5) is 4.39 Å². The fourth-order valence-electron chi connectivity index (χ4n) is 5.38. The average molecular weight is 486 g/mol. The second-order valence-corrected chi connectivity index (χ2v) is 10.5. The van der Waals surface area contributed by atoms with Crippen molar-refractivity contribution in [3.63, 3.8) is 0 Å². The quantitative estimate of drug-likeness (QED) is 0.567. The Morgan fingerprint density at radius 2 is 1.66 bits per heavy atom. The number of benzene rings is 1.